The van der Waals surface area contributed by atoms with Crippen molar-refractivity contribution in [1.29, 1.82) is 0 Å². The lowest BCUT2D eigenvalue weighted by Crippen LogP contribution is -2.36. The third-order valence-corrected chi connectivity index (χ3v) is 6.07. The Balaban J connectivity index is 1.68. The number of hydrogen-bond acceptors (Lipinski definition) is 5. The zero-order valence-electron chi connectivity index (χ0n) is 17.1. The minimum atomic E-state index is -4.53. The first-order chi connectivity index (χ1) is 14.8. The van der Waals surface area contributed by atoms with Crippen LogP contribution >= 0.6 is 0 Å². The number of aryl methyl sites for hydroxylation is 2. The van der Waals surface area contributed by atoms with E-state index in [9.17, 15) is 18.0 Å². The van der Waals surface area contributed by atoms with Crippen LogP contribution in [0.2, 0.25) is 0 Å². The predicted molar refractivity (Wildman–Crippen MR) is 110 cm³/mol. The first-order valence-electron chi connectivity index (χ1n) is 10.5. The molecule has 3 heterocycles. The molecule has 0 spiro atoms. The Kier molecular flexibility index (Phi) is 4.71. The number of hydrogen-bond donors (Lipinski definition) is 0. The van der Waals surface area contributed by atoms with Gasteiger partial charge < -0.3 is 4.90 Å². The van der Waals surface area contributed by atoms with Crippen molar-refractivity contribution >= 4 is 16.7 Å². The smallest absolute Gasteiger partial charge is 0.346 e. The molecule has 0 radical (unpaired) electrons. The molecule has 5 rings (SSSR count). The van der Waals surface area contributed by atoms with E-state index in [4.69, 9.17) is 0 Å². The molecule has 1 atom stereocenters. The Bertz CT molecular complexity index is 1220. The first kappa shape index (κ1) is 20.0. The zero-order valence-corrected chi connectivity index (χ0v) is 17.1. The predicted octanol–water partition coefficient (Wildman–Crippen LogP) is 3.89. The van der Waals surface area contributed by atoms with E-state index < -0.39 is 24.3 Å². The Morgan fingerprint density at radius 3 is 2.71 bits per heavy atom. The summed E-state index contributed by atoms with van der Waals surface area (Å²) in [6.07, 6.45) is -0.394. The molecule has 1 fully saturated rings. The van der Waals surface area contributed by atoms with Crippen LogP contribution in [0.5, 0.6) is 0 Å². The zero-order chi connectivity index (χ0) is 21.8. The Hall–Kier alpha value is -2.97. The topological polar surface area (TPSA) is 63.9 Å². The van der Waals surface area contributed by atoms with Crippen LogP contribution in [0, 0.1) is 6.92 Å². The van der Waals surface area contributed by atoms with Gasteiger partial charge >= 0.3 is 6.18 Å². The third kappa shape index (κ3) is 3.55. The molecule has 1 saturated heterocycles. The minimum absolute atomic E-state index is 0.154. The highest BCUT2D eigenvalue weighted by atomic mass is 19.4. The molecule has 1 aliphatic carbocycles. The highest BCUT2D eigenvalue weighted by Gasteiger charge is 2.37. The van der Waals surface area contributed by atoms with Gasteiger partial charge in [-0.25, -0.2) is 15.0 Å². The molecule has 0 saturated carbocycles. The van der Waals surface area contributed by atoms with Gasteiger partial charge in [0.1, 0.15) is 24.0 Å². The van der Waals surface area contributed by atoms with Gasteiger partial charge in [0.15, 0.2) is 0 Å². The summed E-state index contributed by atoms with van der Waals surface area (Å²) in [5.41, 5.74) is 1.85. The third-order valence-electron chi connectivity index (χ3n) is 6.07. The lowest BCUT2D eigenvalue weighted by atomic mass is 10.1. The quantitative estimate of drug-likeness (QED) is 0.632. The van der Waals surface area contributed by atoms with Crippen molar-refractivity contribution in [1.82, 2.24) is 19.5 Å². The number of rotatable bonds is 3. The van der Waals surface area contributed by atoms with E-state index in [0.29, 0.717) is 24.3 Å². The van der Waals surface area contributed by atoms with Crippen LogP contribution in [0.3, 0.4) is 0 Å². The number of halogens is 3. The molecule has 0 bridgehead atoms. The fourth-order valence-electron chi connectivity index (χ4n) is 4.83. The monoisotopic (exact) mass is 429 g/mol. The molecule has 162 valence electrons. The van der Waals surface area contributed by atoms with Crippen molar-refractivity contribution in [3.8, 4) is 0 Å². The molecule has 0 amide bonds. The van der Waals surface area contributed by atoms with Gasteiger partial charge in [-0.15, -0.1) is 0 Å². The lowest BCUT2D eigenvalue weighted by molar-refractivity contribution is -0.141. The summed E-state index contributed by atoms with van der Waals surface area (Å²) in [6, 6.07) is 6.12. The number of alkyl halides is 3. The maximum absolute atomic E-state index is 13.4. The Morgan fingerprint density at radius 1 is 1.10 bits per heavy atom. The molecular weight excluding hydrogens is 407 g/mol. The van der Waals surface area contributed by atoms with Crippen LogP contribution < -0.4 is 10.5 Å². The number of fused-ring (bicyclic) bond motifs is 2. The molecule has 1 unspecified atom stereocenters. The van der Waals surface area contributed by atoms with Crippen LogP contribution in [-0.4, -0.2) is 32.2 Å². The molecule has 1 aliphatic heterocycles. The van der Waals surface area contributed by atoms with Crippen LogP contribution in [-0.2, 0) is 19.4 Å². The highest BCUT2D eigenvalue weighted by molar-refractivity contribution is 5.77. The van der Waals surface area contributed by atoms with Crippen LogP contribution in [0.25, 0.3) is 10.9 Å². The number of aromatic nitrogens is 4. The average molecular weight is 429 g/mol. The summed E-state index contributed by atoms with van der Waals surface area (Å²) in [6.45, 7) is 1.13. The van der Waals surface area contributed by atoms with Crippen molar-refractivity contribution in [3.05, 3.63) is 57.5 Å². The van der Waals surface area contributed by atoms with Gasteiger partial charge in [-0.05, 0) is 51.2 Å². The largest absolute Gasteiger partial charge is 0.406 e. The van der Waals surface area contributed by atoms with Crippen LogP contribution in [0.15, 0.2) is 29.1 Å². The molecule has 1 aromatic carbocycles. The molecule has 3 aromatic rings. The van der Waals surface area contributed by atoms with E-state index in [0.717, 1.165) is 47.3 Å². The van der Waals surface area contributed by atoms with E-state index in [-0.39, 0.29) is 11.2 Å². The normalized spacial score (nSPS) is 18.7. The van der Waals surface area contributed by atoms with Crippen molar-refractivity contribution in [3.63, 3.8) is 0 Å². The van der Waals surface area contributed by atoms with Crippen molar-refractivity contribution in [2.75, 3.05) is 11.4 Å². The van der Waals surface area contributed by atoms with E-state index in [1.165, 1.54) is 6.07 Å². The summed E-state index contributed by atoms with van der Waals surface area (Å²) in [7, 11) is 0. The summed E-state index contributed by atoms with van der Waals surface area (Å²) < 4.78 is 41.1. The van der Waals surface area contributed by atoms with Gasteiger partial charge in [0.25, 0.3) is 5.56 Å². The van der Waals surface area contributed by atoms with E-state index in [2.05, 4.69) is 15.0 Å². The second-order valence-corrected chi connectivity index (χ2v) is 8.22. The summed E-state index contributed by atoms with van der Waals surface area (Å²) in [5.74, 6) is 1.59. The molecule has 6 nitrogen and oxygen atoms in total. The molecule has 2 aliphatic rings. The number of nitrogens with zero attached hydrogens (tertiary/aromatic N) is 5. The highest BCUT2D eigenvalue weighted by Crippen LogP contribution is 2.39. The average Bonchev–Trinajstić information content (AvgIpc) is 3.38. The summed E-state index contributed by atoms with van der Waals surface area (Å²) in [5, 5.41) is 0.193. The fourth-order valence-corrected chi connectivity index (χ4v) is 4.83. The van der Waals surface area contributed by atoms with Crippen LogP contribution in [0.4, 0.5) is 19.0 Å². The number of para-hydroxylation sites is 1. The Morgan fingerprint density at radius 2 is 1.90 bits per heavy atom. The molecular formula is C22H22F3N5O. The molecule has 31 heavy (non-hydrogen) atoms. The van der Waals surface area contributed by atoms with E-state index in [1.807, 2.05) is 11.8 Å². The van der Waals surface area contributed by atoms with Crippen molar-refractivity contribution < 1.29 is 13.2 Å². The number of benzene rings is 1. The Labute approximate surface area is 176 Å². The summed E-state index contributed by atoms with van der Waals surface area (Å²) >= 11 is 0. The van der Waals surface area contributed by atoms with Gasteiger partial charge in [0.2, 0.25) is 0 Å². The molecule has 2 aromatic heterocycles. The van der Waals surface area contributed by atoms with Crippen LogP contribution in [0.1, 0.15) is 48.2 Å². The van der Waals surface area contributed by atoms with E-state index >= 15 is 0 Å². The van der Waals surface area contributed by atoms with E-state index in [1.54, 1.807) is 18.2 Å². The van der Waals surface area contributed by atoms with Gasteiger partial charge in [-0.1, -0.05) is 12.1 Å². The van der Waals surface area contributed by atoms with Gasteiger partial charge in [0, 0.05) is 17.8 Å². The maximum atomic E-state index is 13.4. The first-order valence-corrected chi connectivity index (χ1v) is 10.5. The second-order valence-electron chi connectivity index (χ2n) is 8.22. The second kappa shape index (κ2) is 7.32. The molecule has 9 heteroatoms. The van der Waals surface area contributed by atoms with Gasteiger partial charge in [-0.3, -0.25) is 9.36 Å². The standard InChI is InChI=1S/C22H22F3N5O/c1-13-26-16-9-4-7-14(16)19(27-13)29-11-5-10-18(29)20-28-17-8-3-2-6-15(17)21(31)30(20)12-22(23,24)25/h2-3,6,8,18H,4-5,7,9-12H2,1H3. The van der Waals surface area contributed by atoms with Gasteiger partial charge in [0.05, 0.1) is 16.9 Å². The lowest BCUT2D eigenvalue weighted by Gasteiger charge is -2.29. The van der Waals surface area contributed by atoms with Crippen molar-refractivity contribution in [2.45, 2.75) is 57.8 Å². The summed E-state index contributed by atoms with van der Waals surface area (Å²) in [4.78, 5) is 28.9. The SMILES string of the molecule is Cc1nc2c(c(N3CCCC3c3nc4ccccc4c(=O)n3CC(F)(F)F)n1)CCC2. The number of anilines is 1. The fraction of sp³-hybridized carbons (Fsp3) is 0.455. The maximum Gasteiger partial charge on any atom is 0.406 e. The minimum Gasteiger partial charge on any atom is -0.346 e. The van der Waals surface area contributed by atoms with Crippen molar-refractivity contribution in [2.24, 2.45) is 0 Å². The molecule has 0 N–H and O–H groups in total. The van der Waals surface area contributed by atoms with Gasteiger partial charge in [-0.2, -0.15) is 13.2 Å².